The van der Waals surface area contributed by atoms with E-state index in [1.165, 1.54) is 36.4 Å². The van der Waals surface area contributed by atoms with Crippen molar-refractivity contribution in [1.29, 1.82) is 0 Å². The molecule has 3 aliphatic rings. The molecule has 0 aromatic heterocycles. The zero-order valence-corrected chi connectivity index (χ0v) is 20.0. The number of non-ortho nitro benzene ring substituents is 2. The Hall–Kier alpha value is -5.06. The number of benzene rings is 3. The van der Waals surface area contributed by atoms with E-state index in [0.717, 1.165) is 10.5 Å². The summed E-state index contributed by atoms with van der Waals surface area (Å²) in [4.78, 5) is 49.9. The van der Waals surface area contributed by atoms with Gasteiger partial charge in [-0.05, 0) is 36.8 Å². The fourth-order valence-electron chi connectivity index (χ4n) is 5.50. The van der Waals surface area contributed by atoms with Crippen LogP contribution in [0.25, 0.3) is 10.8 Å². The average Bonchev–Trinajstić information content (AvgIpc) is 3.49. The first kappa shape index (κ1) is 23.3. The van der Waals surface area contributed by atoms with E-state index in [0.29, 0.717) is 28.7 Å². The number of anilines is 1. The molecule has 190 valence electrons. The highest BCUT2D eigenvalue weighted by molar-refractivity contribution is 6.37. The largest absolute Gasteiger partial charge is 0.493 e. The predicted octanol–water partition coefficient (Wildman–Crippen LogP) is 4.74. The maximum atomic E-state index is 13.8. The van der Waals surface area contributed by atoms with Gasteiger partial charge in [-0.3, -0.25) is 29.8 Å². The van der Waals surface area contributed by atoms with Gasteiger partial charge in [-0.25, -0.2) is 4.90 Å². The van der Waals surface area contributed by atoms with E-state index in [1.807, 2.05) is 6.92 Å². The molecule has 3 aromatic carbocycles. The van der Waals surface area contributed by atoms with Crippen LogP contribution in [0, 0.1) is 20.2 Å². The number of imide groups is 1. The molecule has 3 aliphatic heterocycles. The van der Waals surface area contributed by atoms with E-state index in [9.17, 15) is 29.8 Å². The van der Waals surface area contributed by atoms with Crippen molar-refractivity contribution in [2.45, 2.75) is 25.4 Å². The number of amides is 2. The second-order valence-corrected chi connectivity index (χ2v) is 9.33. The summed E-state index contributed by atoms with van der Waals surface area (Å²) in [6.45, 7) is 1.98. The molecule has 2 bridgehead atoms. The molecular weight excluding hydrogens is 494 g/mol. The molecular formula is C27H19N3O8. The Morgan fingerprint density at radius 3 is 2.34 bits per heavy atom. The molecule has 0 saturated carbocycles. The minimum Gasteiger partial charge on any atom is -0.493 e. The molecule has 3 heterocycles. The molecule has 11 heteroatoms. The number of carbonyl (C=O) groups excluding carboxylic acids is 2. The Bertz CT molecular complexity index is 1660. The number of nitro groups is 2. The lowest BCUT2D eigenvalue weighted by Crippen LogP contribution is -2.40. The second kappa shape index (κ2) is 8.23. The molecule has 0 saturated heterocycles. The van der Waals surface area contributed by atoms with E-state index in [1.54, 1.807) is 24.3 Å². The van der Waals surface area contributed by atoms with Gasteiger partial charge in [0.05, 0.1) is 38.7 Å². The van der Waals surface area contributed by atoms with Crippen LogP contribution in [-0.2, 0) is 14.3 Å². The lowest BCUT2D eigenvalue weighted by molar-refractivity contribution is -0.384. The number of rotatable bonds is 7. The third-order valence-electron chi connectivity index (χ3n) is 7.14. The van der Waals surface area contributed by atoms with E-state index in [2.05, 4.69) is 0 Å². The SMILES string of the molecule is CC1=C2OC(CCOc3ccc([N+](=O)[O-])cc3)(C1)C1=C2C(=O)N(c2ccc([N+](=O)[O-])c3ccccc23)C1=O. The topological polar surface area (TPSA) is 142 Å². The lowest BCUT2D eigenvalue weighted by Gasteiger charge is -2.29. The highest BCUT2D eigenvalue weighted by Gasteiger charge is 2.61. The van der Waals surface area contributed by atoms with Gasteiger partial charge in [0.1, 0.15) is 17.1 Å². The summed E-state index contributed by atoms with van der Waals surface area (Å²) in [5.41, 5.74) is 0.341. The molecule has 1 atom stereocenters. The molecule has 0 N–H and O–H groups in total. The summed E-state index contributed by atoms with van der Waals surface area (Å²) in [6, 6.07) is 15.0. The number of hydrogen-bond acceptors (Lipinski definition) is 8. The van der Waals surface area contributed by atoms with Crippen LogP contribution in [-0.4, -0.2) is 33.9 Å². The van der Waals surface area contributed by atoms with Crippen molar-refractivity contribution >= 4 is 39.6 Å². The van der Waals surface area contributed by atoms with Gasteiger partial charge in [-0.2, -0.15) is 0 Å². The van der Waals surface area contributed by atoms with Gasteiger partial charge < -0.3 is 9.47 Å². The van der Waals surface area contributed by atoms with Gasteiger partial charge in [0.25, 0.3) is 23.2 Å². The summed E-state index contributed by atoms with van der Waals surface area (Å²) < 4.78 is 12.0. The first-order chi connectivity index (χ1) is 18.2. The van der Waals surface area contributed by atoms with Gasteiger partial charge in [0.15, 0.2) is 0 Å². The number of nitrogens with zero attached hydrogens (tertiary/aromatic N) is 3. The maximum absolute atomic E-state index is 13.8. The fourth-order valence-corrected chi connectivity index (χ4v) is 5.50. The normalized spacial score (nSPS) is 19.9. The molecule has 6 rings (SSSR count). The molecule has 11 nitrogen and oxygen atoms in total. The number of nitro benzene ring substituents is 2. The molecule has 3 aromatic rings. The van der Waals surface area contributed by atoms with Crippen molar-refractivity contribution in [3.8, 4) is 5.75 Å². The van der Waals surface area contributed by atoms with Crippen LogP contribution in [0.1, 0.15) is 19.8 Å². The van der Waals surface area contributed by atoms with Gasteiger partial charge in [0.2, 0.25) is 0 Å². The Balaban J connectivity index is 1.31. The third kappa shape index (κ3) is 3.28. The fraction of sp³-hybridized carbons (Fsp3) is 0.185. The maximum Gasteiger partial charge on any atom is 0.277 e. The third-order valence-corrected chi connectivity index (χ3v) is 7.14. The van der Waals surface area contributed by atoms with E-state index in [-0.39, 0.29) is 41.2 Å². The predicted molar refractivity (Wildman–Crippen MR) is 134 cm³/mol. The van der Waals surface area contributed by atoms with Gasteiger partial charge in [-0.15, -0.1) is 0 Å². The standard InChI is InChI=1S/C27H19N3O8/c1-15-14-27(12-13-37-17-8-6-16(7-9-17)29(33)34)23-22(24(15)38-27)25(31)28(26(23)32)20-10-11-21(30(35)36)19-5-3-2-4-18(19)20/h2-11H,12-14H2,1H3. The van der Waals surface area contributed by atoms with Crippen LogP contribution < -0.4 is 9.64 Å². The molecule has 38 heavy (non-hydrogen) atoms. The van der Waals surface area contributed by atoms with E-state index < -0.39 is 27.3 Å². The summed E-state index contributed by atoms with van der Waals surface area (Å²) >= 11 is 0. The first-order valence-electron chi connectivity index (χ1n) is 11.8. The minimum absolute atomic E-state index is 0.0564. The van der Waals surface area contributed by atoms with Crippen molar-refractivity contribution < 1.29 is 28.9 Å². The first-order valence-corrected chi connectivity index (χ1v) is 11.8. The van der Waals surface area contributed by atoms with Crippen LogP contribution in [0.4, 0.5) is 17.1 Å². The molecule has 0 fully saturated rings. The average molecular weight is 513 g/mol. The molecule has 0 spiro atoms. The number of fused-ring (bicyclic) bond motifs is 5. The van der Waals surface area contributed by atoms with Crippen LogP contribution in [0.5, 0.6) is 5.75 Å². The van der Waals surface area contributed by atoms with E-state index in [4.69, 9.17) is 9.47 Å². The Kier molecular flexibility index (Phi) is 5.06. The summed E-state index contributed by atoms with van der Waals surface area (Å²) in [5, 5.41) is 23.2. The number of ether oxygens (including phenoxy) is 2. The Morgan fingerprint density at radius 1 is 0.947 bits per heavy atom. The summed E-state index contributed by atoms with van der Waals surface area (Å²) in [5.74, 6) is -0.240. The van der Waals surface area contributed by atoms with Crippen molar-refractivity contribution in [2.75, 3.05) is 11.5 Å². The monoisotopic (exact) mass is 513 g/mol. The highest BCUT2D eigenvalue weighted by atomic mass is 16.6. The molecule has 0 aliphatic carbocycles. The van der Waals surface area contributed by atoms with Gasteiger partial charge in [0, 0.05) is 36.4 Å². The molecule has 0 radical (unpaired) electrons. The second-order valence-electron chi connectivity index (χ2n) is 9.33. The van der Waals surface area contributed by atoms with Gasteiger partial charge >= 0.3 is 0 Å². The van der Waals surface area contributed by atoms with Crippen LogP contribution in [0.2, 0.25) is 0 Å². The number of hydrogen-bond donors (Lipinski definition) is 0. The van der Waals surface area contributed by atoms with Crippen molar-refractivity contribution in [3.05, 3.63) is 103 Å². The van der Waals surface area contributed by atoms with Gasteiger partial charge in [-0.1, -0.05) is 18.2 Å². The van der Waals surface area contributed by atoms with Crippen molar-refractivity contribution in [1.82, 2.24) is 0 Å². The van der Waals surface area contributed by atoms with Crippen molar-refractivity contribution in [3.63, 3.8) is 0 Å². The lowest BCUT2D eigenvalue weighted by atomic mass is 9.81. The molecule has 1 unspecified atom stereocenters. The highest BCUT2D eigenvalue weighted by Crippen LogP contribution is 2.56. The zero-order chi connectivity index (χ0) is 26.8. The smallest absolute Gasteiger partial charge is 0.277 e. The zero-order valence-electron chi connectivity index (χ0n) is 20.0. The van der Waals surface area contributed by atoms with Crippen molar-refractivity contribution in [2.24, 2.45) is 0 Å². The van der Waals surface area contributed by atoms with Crippen LogP contribution in [0.15, 0.2) is 83.1 Å². The summed E-state index contributed by atoms with van der Waals surface area (Å²) in [6.07, 6.45) is 0.677. The van der Waals surface area contributed by atoms with Crippen LogP contribution in [0.3, 0.4) is 0 Å². The quantitative estimate of drug-likeness (QED) is 0.250. The minimum atomic E-state index is -1.08. The number of carbonyl (C=O) groups is 2. The summed E-state index contributed by atoms with van der Waals surface area (Å²) in [7, 11) is 0. The Morgan fingerprint density at radius 2 is 1.66 bits per heavy atom. The Labute approximate surface area is 214 Å². The molecule has 2 amide bonds. The van der Waals surface area contributed by atoms with Crippen LogP contribution >= 0.6 is 0 Å². The van der Waals surface area contributed by atoms with E-state index >= 15 is 0 Å².